The van der Waals surface area contributed by atoms with Crippen LogP contribution in [0.5, 0.6) is 0 Å². The number of piperidine rings is 1. The number of nitrogens with zero attached hydrogens (tertiary/aromatic N) is 5. The van der Waals surface area contributed by atoms with Crippen LogP contribution in [0.25, 0.3) is 5.65 Å². The van der Waals surface area contributed by atoms with E-state index in [1.807, 2.05) is 31.3 Å². The largest absolute Gasteiger partial charge is 0.462 e. The molecule has 4 rings (SSSR count). The molecule has 0 amide bonds. The van der Waals surface area contributed by atoms with Crippen molar-refractivity contribution in [2.24, 2.45) is 0 Å². The maximum atomic E-state index is 12.2. The van der Waals surface area contributed by atoms with E-state index in [4.69, 9.17) is 4.74 Å². The maximum absolute atomic E-state index is 12.2. The van der Waals surface area contributed by atoms with Crippen LogP contribution in [-0.4, -0.2) is 45.2 Å². The van der Waals surface area contributed by atoms with Gasteiger partial charge in [-0.15, -0.1) is 10.2 Å². The summed E-state index contributed by atoms with van der Waals surface area (Å²) in [4.78, 5) is 18.8. The summed E-state index contributed by atoms with van der Waals surface area (Å²) in [5, 5.41) is 8.65. The molecule has 1 fully saturated rings. The van der Waals surface area contributed by atoms with E-state index in [0.717, 1.165) is 37.4 Å². The molecule has 0 N–H and O–H groups in total. The van der Waals surface area contributed by atoms with Gasteiger partial charge in [-0.3, -0.25) is 4.40 Å². The molecule has 0 atom stereocenters. The van der Waals surface area contributed by atoms with Gasteiger partial charge in [0.25, 0.3) is 0 Å². The molecular weight excluding hydrogens is 330 g/mol. The third-order valence-corrected chi connectivity index (χ3v) is 4.78. The molecule has 0 unspecified atom stereocenters. The Bertz CT molecular complexity index is 915. The number of aromatic nitrogens is 4. The van der Waals surface area contributed by atoms with E-state index in [1.54, 1.807) is 18.3 Å². The SMILES string of the molecule is CCOC(=O)c1cccnc1N1CCC(c2nnc3ccccn23)CC1. The predicted molar refractivity (Wildman–Crippen MR) is 97.4 cm³/mol. The fraction of sp³-hybridized carbons (Fsp3) is 0.368. The van der Waals surface area contributed by atoms with Crippen molar-refractivity contribution in [1.82, 2.24) is 19.6 Å². The number of esters is 1. The number of carbonyl (C=O) groups excluding carboxylic acids is 1. The molecule has 0 bridgehead atoms. The third-order valence-electron chi connectivity index (χ3n) is 4.78. The summed E-state index contributed by atoms with van der Waals surface area (Å²) in [6.45, 7) is 3.79. The molecule has 1 aliphatic rings. The van der Waals surface area contributed by atoms with Gasteiger partial charge in [0, 0.05) is 31.4 Å². The van der Waals surface area contributed by atoms with Gasteiger partial charge in [0.2, 0.25) is 0 Å². The molecule has 3 aromatic rings. The first-order valence-corrected chi connectivity index (χ1v) is 8.94. The minimum absolute atomic E-state index is 0.318. The van der Waals surface area contributed by atoms with Crippen molar-refractivity contribution in [3.63, 3.8) is 0 Å². The number of pyridine rings is 2. The molecule has 26 heavy (non-hydrogen) atoms. The molecule has 0 aliphatic carbocycles. The van der Waals surface area contributed by atoms with Crippen LogP contribution >= 0.6 is 0 Å². The summed E-state index contributed by atoms with van der Waals surface area (Å²) in [5.41, 5.74) is 1.40. The molecule has 0 aromatic carbocycles. The third kappa shape index (κ3) is 3.00. The van der Waals surface area contributed by atoms with Crippen molar-refractivity contribution in [3.8, 4) is 0 Å². The predicted octanol–water partition coefficient (Wildman–Crippen LogP) is 2.69. The van der Waals surface area contributed by atoms with Crippen LogP contribution in [-0.2, 0) is 4.74 Å². The van der Waals surface area contributed by atoms with Gasteiger partial charge in [-0.1, -0.05) is 6.07 Å². The molecule has 0 radical (unpaired) electrons. The number of ether oxygens (including phenoxy) is 1. The van der Waals surface area contributed by atoms with Crippen LogP contribution < -0.4 is 4.90 Å². The molecule has 0 spiro atoms. The summed E-state index contributed by atoms with van der Waals surface area (Å²) < 4.78 is 7.22. The molecule has 7 nitrogen and oxygen atoms in total. The number of carbonyl (C=O) groups is 1. The van der Waals surface area contributed by atoms with E-state index in [-0.39, 0.29) is 5.97 Å². The smallest absolute Gasteiger partial charge is 0.341 e. The molecule has 1 saturated heterocycles. The quantitative estimate of drug-likeness (QED) is 0.673. The summed E-state index contributed by atoms with van der Waals surface area (Å²) in [7, 11) is 0. The standard InChI is InChI=1S/C19H21N5O2/c1-2-26-19(25)15-6-5-10-20-18(15)23-12-8-14(9-13-23)17-22-21-16-7-3-4-11-24(16)17/h3-7,10-11,14H,2,8-9,12-13H2,1H3. The Morgan fingerprint density at radius 2 is 2.04 bits per heavy atom. The zero-order chi connectivity index (χ0) is 17.9. The van der Waals surface area contributed by atoms with E-state index in [2.05, 4.69) is 24.5 Å². The van der Waals surface area contributed by atoms with Crippen LogP contribution in [0.15, 0.2) is 42.7 Å². The van der Waals surface area contributed by atoms with E-state index in [1.165, 1.54) is 0 Å². The summed E-state index contributed by atoms with van der Waals surface area (Å²) in [6, 6.07) is 9.47. The molecule has 134 valence electrons. The number of fused-ring (bicyclic) bond motifs is 1. The van der Waals surface area contributed by atoms with E-state index in [9.17, 15) is 4.79 Å². The van der Waals surface area contributed by atoms with Crippen molar-refractivity contribution in [2.45, 2.75) is 25.7 Å². The van der Waals surface area contributed by atoms with Gasteiger partial charge in [0.15, 0.2) is 5.65 Å². The molecule has 3 aromatic heterocycles. The van der Waals surface area contributed by atoms with Crippen molar-refractivity contribution in [3.05, 3.63) is 54.1 Å². The first-order valence-electron chi connectivity index (χ1n) is 8.94. The van der Waals surface area contributed by atoms with Gasteiger partial charge in [-0.05, 0) is 44.0 Å². The fourth-order valence-corrected chi connectivity index (χ4v) is 3.50. The van der Waals surface area contributed by atoms with E-state index >= 15 is 0 Å². The molecule has 7 heteroatoms. The molecule has 1 aliphatic heterocycles. The Labute approximate surface area is 151 Å². The minimum Gasteiger partial charge on any atom is -0.462 e. The molecular formula is C19H21N5O2. The van der Waals surface area contributed by atoms with E-state index < -0.39 is 0 Å². The summed E-state index contributed by atoms with van der Waals surface area (Å²) in [6.07, 6.45) is 5.61. The molecule has 0 saturated carbocycles. The van der Waals surface area contributed by atoms with Gasteiger partial charge in [-0.2, -0.15) is 0 Å². The second kappa shape index (κ2) is 7.11. The lowest BCUT2D eigenvalue weighted by Crippen LogP contribution is -2.35. The normalized spacial score (nSPS) is 15.3. The monoisotopic (exact) mass is 351 g/mol. The van der Waals surface area contributed by atoms with Gasteiger partial charge in [0.1, 0.15) is 17.2 Å². The van der Waals surface area contributed by atoms with Gasteiger partial charge in [-0.25, -0.2) is 9.78 Å². The number of hydrogen-bond acceptors (Lipinski definition) is 6. The maximum Gasteiger partial charge on any atom is 0.341 e. The highest BCUT2D eigenvalue weighted by Gasteiger charge is 2.27. The number of anilines is 1. The summed E-state index contributed by atoms with van der Waals surface area (Å²) in [5.74, 6) is 1.74. The number of rotatable bonds is 4. The second-order valence-electron chi connectivity index (χ2n) is 6.34. The first kappa shape index (κ1) is 16.5. The highest BCUT2D eigenvalue weighted by molar-refractivity contribution is 5.94. The van der Waals surface area contributed by atoms with Gasteiger partial charge >= 0.3 is 5.97 Å². The lowest BCUT2D eigenvalue weighted by molar-refractivity contribution is 0.0526. The van der Waals surface area contributed by atoms with Gasteiger partial charge in [0.05, 0.1) is 6.61 Å². The van der Waals surface area contributed by atoms with Gasteiger partial charge < -0.3 is 9.64 Å². The topological polar surface area (TPSA) is 72.6 Å². The highest BCUT2D eigenvalue weighted by Crippen LogP contribution is 2.30. The average molecular weight is 351 g/mol. The van der Waals surface area contributed by atoms with Crippen molar-refractivity contribution in [2.75, 3.05) is 24.6 Å². The van der Waals surface area contributed by atoms with Crippen LogP contribution in [0, 0.1) is 0 Å². The Morgan fingerprint density at radius 3 is 2.85 bits per heavy atom. The Kier molecular flexibility index (Phi) is 4.51. The number of hydrogen-bond donors (Lipinski definition) is 0. The molecule has 4 heterocycles. The van der Waals surface area contributed by atoms with E-state index in [0.29, 0.717) is 23.9 Å². The first-order chi connectivity index (χ1) is 12.8. The zero-order valence-electron chi connectivity index (χ0n) is 14.7. The Morgan fingerprint density at radius 1 is 1.19 bits per heavy atom. The van der Waals surface area contributed by atoms with Crippen molar-refractivity contribution in [1.29, 1.82) is 0 Å². The Hall–Kier alpha value is -2.96. The highest BCUT2D eigenvalue weighted by atomic mass is 16.5. The van der Waals surface area contributed by atoms with Crippen molar-refractivity contribution < 1.29 is 9.53 Å². The lowest BCUT2D eigenvalue weighted by Gasteiger charge is -2.32. The van der Waals surface area contributed by atoms with Crippen LogP contribution in [0.4, 0.5) is 5.82 Å². The van der Waals surface area contributed by atoms with Crippen LogP contribution in [0.1, 0.15) is 41.9 Å². The van der Waals surface area contributed by atoms with Crippen molar-refractivity contribution >= 4 is 17.4 Å². The lowest BCUT2D eigenvalue weighted by atomic mass is 9.95. The van der Waals surface area contributed by atoms with Crippen LogP contribution in [0.3, 0.4) is 0 Å². The second-order valence-corrected chi connectivity index (χ2v) is 6.34. The Balaban J connectivity index is 1.52. The minimum atomic E-state index is -0.318. The van der Waals surface area contributed by atoms with Crippen LogP contribution in [0.2, 0.25) is 0 Å². The summed E-state index contributed by atoms with van der Waals surface area (Å²) >= 11 is 0. The average Bonchev–Trinajstić information content (AvgIpc) is 3.12. The zero-order valence-corrected chi connectivity index (χ0v) is 14.7. The fourth-order valence-electron chi connectivity index (χ4n) is 3.50.